The largest absolute Gasteiger partial charge is 0.481 e. The predicted octanol–water partition coefficient (Wildman–Crippen LogP) is 2.01. The second-order valence-electron chi connectivity index (χ2n) is 3.32. The summed E-state index contributed by atoms with van der Waals surface area (Å²) >= 11 is 3.34. The molecule has 0 saturated carbocycles. The number of rotatable bonds is 5. The van der Waals surface area contributed by atoms with Gasteiger partial charge in [-0.1, -0.05) is 22.0 Å². The van der Waals surface area contributed by atoms with Crippen molar-refractivity contribution in [2.24, 2.45) is 0 Å². The van der Waals surface area contributed by atoms with Gasteiger partial charge in [-0.2, -0.15) is 0 Å². The first-order valence-electron chi connectivity index (χ1n) is 4.82. The highest BCUT2D eigenvalue weighted by molar-refractivity contribution is 9.10. The number of carbonyl (C=O) groups excluding carboxylic acids is 1. The molecule has 2 N–H and O–H groups in total. The minimum atomic E-state index is -1.16. The van der Waals surface area contributed by atoms with E-state index in [0.29, 0.717) is 12.3 Å². The minimum absolute atomic E-state index is 0.324. The number of hydrogen-bond donors (Lipinski definition) is 2. The number of ether oxygens (including phenoxy) is 1. The number of carboxylic acids is 1. The van der Waals surface area contributed by atoms with E-state index in [1.807, 2.05) is 6.07 Å². The highest BCUT2D eigenvalue weighted by Crippen LogP contribution is 2.25. The molecule has 0 spiro atoms. The molecular weight excluding hydrogens is 290 g/mol. The average Bonchev–Trinajstić information content (AvgIpc) is 2.22. The Morgan fingerprint density at radius 1 is 1.47 bits per heavy atom. The van der Waals surface area contributed by atoms with Crippen molar-refractivity contribution in [2.45, 2.75) is 13.0 Å². The van der Waals surface area contributed by atoms with E-state index in [1.54, 1.807) is 19.2 Å². The van der Waals surface area contributed by atoms with Gasteiger partial charge in [0, 0.05) is 22.8 Å². The standard InChI is InChI=1S/C11H12BrNO4/c1-17-6-7-8(12)3-2-4-9(7)13-10(14)5-11(15)16/h2-4H,5-6H2,1H3,(H,13,14)(H,15,16). The summed E-state index contributed by atoms with van der Waals surface area (Å²) in [6.45, 7) is 0.324. The molecule has 0 fully saturated rings. The molecule has 0 aromatic heterocycles. The molecule has 17 heavy (non-hydrogen) atoms. The van der Waals surface area contributed by atoms with Gasteiger partial charge in [0.15, 0.2) is 0 Å². The lowest BCUT2D eigenvalue weighted by atomic mass is 10.2. The predicted molar refractivity (Wildman–Crippen MR) is 65.7 cm³/mol. The van der Waals surface area contributed by atoms with Crippen LogP contribution in [0.5, 0.6) is 0 Å². The smallest absolute Gasteiger partial charge is 0.312 e. The van der Waals surface area contributed by atoms with E-state index >= 15 is 0 Å². The molecule has 0 aliphatic carbocycles. The summed E-state index contributed by atoms with van der Waals surface area (Å²) in [6.07, 6.45) is -0.557. The van der Waals surface area contributed by atoms with E-state index in [-0.39, 0.29) is 0 Å². The number of hydrogen-bond acceptors (Lipinski definition) is 3. The van der Waals surface area contributed by atoms with E-state index in [2.05, 4.69) is 21.2 Å². The fraction of sp³-hybridized carbons (Fsp3) is 0.273. The van der Waals surface area contributed by atoms with Gasteiger partial charge in [0.2, 0.25) is 5.91 Å². The number of carbonyl (C=O) groups is 2. The fourth-order valence-corrected chi connectivity index (χ4v) is 1.78. The van der Waals surface area contributed by atoms with Crippen LogP contribution in [0, 0.1) is 0 Å². The van der Waals surface area contributed by atoms with E-state index in [4.69, 9.17) is 9.84 Å². The van der Waals surface area contributed by atoms with Crippen LogP contribution in [0.3, 0.4) is 0 Å². The zero-order valence-electron chi connectivity index (χ0n) is 9.20. The number of anilines is 1. The molecule has 0 unspecified atom stereocenters. The van der Waals surface area contributed by atoms with Gasteiger partial charge in [-0.25, -0.2) is 0 Å². The van der Waals surface area contributed by atoms with Gasteiger partial charge in [0.25, 0.3) is 0 Å². The Morgan fingerprint density at radius 2 is 2.18 bits per heavy atom. The molecule has 6 heteroatoms. The topological polar surface area (TPSA) is 75.6 Å². The molecule has 1 amide bonds. The zero-order chi connectivity index (χ0) is 12.8. The summed E-state index contributed by atoms with van der Waals surface area (Å²) in [4.78, 5) is 21.7. The van der Waals surface area contributed by atoms with Gasteiger partial charge >= 0.3 is 5.97 Å². The molecule has 0 aliphatic heterocycles. The second-order valence-corrected chi connectivity index (χ2v) is 4.17. The quantitative estimate of drug-likeness (QED) is 0.816. The lowest BCUT2D eigenvalue weighted by Gasteiger charge is -2.11. The number of halogens is 1. The molecule has 1 aromatic carbocycles. The Morgan fingerprint density at radius 3 is 2.76 bits per heavy atom. The molecule has 0 saturated heterocycles. The summed E-state index contributed by atoms with van der Waals surface area (Å²) in [5, 5.41) is 11.0. The summed E-state index contributed by atoms with van der Waals surface area (Å²) in [7, 11) is 1.54. The van der Waals surface area contributed by atoms with Crippen molar-refractivity contribution < 1.29 is 19.4 Å². The van der Waals surface area contributed by atoms with Gasteiger partial charge in [-0.15, -0.1) is 0 Å². The maximum absolute atomic E-state index is 11.3. The number of nitrogens with one attached hydrogen (secondary N) is 1. The third-order valence-electron chi connectivity index (χ3n) is 1.99. The maximum atomic E-state index is 11.3. The molecule has 92 valence electrons. The monoisotopic (exact) mass is 301 g/mol. The zero-order valence-corrected chi connectivity index (χ0v) is 10.8. The summed E-state index contributed by atoms with van der Waals surface area (Å²) in [5.74, 6) is -1.72. The van der Waals surface area contributed by atoms with Crippen molar-refractivity contribution >= 4 is 33.5 Å². The van der Waals surface area contributed by atoms with Crippen LogP contribution in [0.2, 0.25) is 0 Å². The van der Waals surface area contributed by atoms with Crippen LogP contribution < -0.4 is 5.32 Å². The van der Waals surface area contributed by atoms with Crippen molar-refractivity contribution in [1.82, 2.24) is 0 Å². The Bertz CT molecular complexity index is 433. The van der Waals surface area contributed by atoms with Gasteiger partial charge in [0.05, 0.1) is 6.61 Å². The molecule has 0 heterocycles. The molecule has 0 bridgehead atoms. The van der Waals surface area contributed by atoms with Crippen molar-refractivity contribution in [3.63, 3.8) is 0 Å². The number of methoxy groups -OCH3 is 1. The Kier molecular flexibility index (Phi) is 5.11. The Hall–Kier alpha value is -1.40. The summed E-state index contributed by atoms with van der Waals surface area (Å²) in [6, 6.07) is 5.26. The molecule has 1 rings (SSSR count). The first-order chi connectivity index (χ1) is 8.04. The summed E-state index contributed by atoms with van der Waals surface area (Å²) in [5.41, 5.74) is 1.32. The lowest BCUT2D eigenvalue weighted by molar-refractivity contribution is -0.139. The van der Waals surface area contributed by atoms with Crippen molar-refractivity contribution in [2.75, 3.05) is 12.4 Å². The average molecular weight is 302 g/mol. The molecular formula is C11H12BrNO4. The normalized spacial score (nSPS) is 10.0. The van der Waals surface area contributed by atoms with E-state index < -0.39 is 18.3 Å². The van der Waals surface area contributed by atoms with Crippen LogP contribution in [0.1, 0.15) is 12.0 Å². The summed E-state index contributed by atoms with van der Waals surface area (Å²) < 4.78 is 5.81. The fourth-order valence-electron chi connectivity index (χ4n) is 1.30. The number of carboxylic acid groups (broad SMARTS) is 1. The Labute approximate surface area is 107 Å². The third kappa shape index (κ3) is 4.16. The highest BCUT2D eigenvalue weighted by Gasteiger charge is 2.12. The van der Waals surface area contributed by atoms with Crippen molar-refractivity contribution in [3.05, 3.63) is 28.2 Å². The number of benzene rings is 1. The van der Waals surface area contributed by atoms with Crippen LogP contribution in [-0.4, -0.2) is 24.1 Å². The van der Waals surface area contributed by atoms with Crippen molar-refractivity contribution in [1.29, 1.82) is 0 Å². The van der Waals surface area contributed by atoms with Crippen LogP contribution >= 0.6 is 15.9 Å². The highest BCUT2D eigenvalue weighted by atomic mass is 79.9. The van der Waals surface area contributed by atoms with Crippen LogP contribution in [-0.2, 0) is 20.9 Å². The molecule has 5 nitrogen and oxygen atoms in total. The molecule has 0 aliphatic rings. The molecule has 0 radical (unpaired) electrons. The SMILES string of the molecule is COCc1c(Br)cccc1NC(=O)CC(=O)O. The third-order valence-corrected chi connectivity index (χ3v) is 2.74. The van der Waals surface area contributed by atoms with Crippen LogP contribution in [0.15, 0.2) is 22.7 Å². The van der Waals surface area contributed by atoms with Gasteiger partial charge in [0.1, 0.15) is 6.42 Å². The van der Waals surface area contributed by atoms with Crippen molar-refractivity contribution in [3.8, 4) is 0 Å². The van der Waals surface area contributed by atoms with Crippen LogP contribution in [0.4, 0.5) is 5.69 Å². The van der Waals surface area contributed by atoms with Crippen LogP contribution in [0.25, 0.3) is 0 Å². The lowest BCUT2D eigenvalue weighted by Crippen LogP contribution is -2.17. The minimum Gasteiger partial charge on any atom is -0.481 e. The number of aliphatic carboxylic acids is 1. The van der Waals surface area contributed by atoms with Gasteiger partial charge in [-0.05, 0) is 12.1 Å². The Balaban J connectivity index is 2.86. The van der Waals surface area contributed by atoms with E-state index in [1.165, 1.54) is 0 Å². The molecule has 0 atom stereocenters. The van der Waals surface area contributed by atoms with E-state index in [0.717, 1.165) is 10.0 Å². The first-order valence-corrected chi connectivity index (χ1v) is 5.62. The first kappa shape index (κ1) is 13.7. The van der Waals surface area contributed by atoms with E-state index in [9.17, 15) is 9.59 Å². The molecule has 1 aromatic rings. The van der Waals surface area contributed by atoms with Gasteiger partial charge in [-0.3, -0.25) is 9.59 Å². The van der Waals surface area contributed by atoms with Gasteiger partial charge < -0.3 is 15.2 Å². The maximum Gasteiger partial charge on any atom is 0.312 e. The number of amides is 1. The second kappa shape index (κ2) is 6.36.